The molecule has 0 radical (unpaired) electrons. The molecular formula is C12H22N2O4. The lowest BCUT2D eigenvalue weighted by molar-refractivity contribution is -0.137. The normalized spacial score (nSPS) is 19.7. The van der Waals surface area contributed by atoms with Gasteiger partial charge in [0.15, 0.2) is 0 Å². The highest BCUT2D eigenvalue weighted by Gasteiger charge is 2.27. The van der Waals surface area contributed by atoms with Crippen LogP contribution in [-0.4, -0.2) is 66.8 Å². The number of piperidine rings is 1. The van der Waals surface area contributed by atoms with E-state index < -0.39 is 5.97 Å². The molecule has 1 atom stereocenters. The number of methoxy groups -OCH3 is 1. The fraction of sp³-hybridized carbons (Fsp3) is 0.833. The first-order valence-corrected chi connectivity index (χ1v) is 6.33. The molecule has 2 amide bonds. The van der Waals surface area contributed by atoms with Gasteiger partial charge in [0.05, 0.1) is 6.61 Å². The van der Waals surface area contributed by atoms with Crippen LogP contribution in [0, 0.1) is 5.92 Å². The minimum atomic E-state index is -0.976. The van der Waals surface area contributed by atoms with Crippen molar-refractivity contribution in [1.82, 2.24) is 9.80 Å². The Balaban J connectivity index is 2.55. The topological polar surface area (TPSA) is 70.1 Å². The van der Waals surface area contributed by atoms with Crippen LogP contribution in [-0.2, 0) is 9.53 Å². The SMILES string of the molecule is CCN(CC(=O)O)C(=O)N1CCCC(COC)C1. The molecule has 1 saturated heterocycles. The van der Waals surface area contributed by atoms with Gasteiger partial charge in [-0.25, -0.2) is 4.79 Å². The minimum Gasteiger partial charge on any atom is -0.480 e. The largest absolute Gasteiger partial charge is 0.480 e. The van der Waals surface area contributed by atoms with Crippen molar-refractivity contribution in [3.63, 3.8) is 0 Å². The molecule has 0 aromatic heterocycles. The van der Waals surface area contributed by atoms with E-state index >= 15 is 0 Å². The molecule has 1 aliphatic heterocycles. The van der Waals surface area contributed by atoms with E-state index in [-0.39, 0.29) is 12.6 Å². The van der Waals surface area contributed by atoms with Gasteiger partial charge in [-0.1, -0.05) is 0 Å². The molecule has 1 rings (SSSR count). The van der Waals surface area contributed by atoms with E-state index in [1.165, 1.54) is 4.90 Å². The Labute approximate surface area is 107 Å². The molecule has 6 heteroatoms. The summed E-state index contributed by atoms with van der Waals surface area (Å²) in [4.78, 5) is 25.9. The Bertz CT molecular complexity index is 294. The van der Waals surface area contributed by atoms with Gasteiger partial charge in [0.2, 0.25) is 0 Å². The number of ether oxygens (including phenoxy) is 1. The van der Waals surface area contributed by atoms with E-state index in [1.807, 2.05) is 0 Å². The van der Waals surface area contributed by atoms with Gasteiger partial charge in [-0.3, -0.25) is 4.79 Å². The molecule has 0 bridgehead atoms. The fourth-order valence-electron chi connectivity index (χ4n) is 2.29. The Morgan fingerprint density at radius 1 is 1.50 bits per heavy atom. The number of hydrogen-bond donors (Lipinski definition) is 1. The van der Waals surface area contributed by atoms with Crippen LogP contribution >= 0.6 is 0 Å². The number of aliphatic carboxylic acids is 1. The quantitative estimate of drug-likeness (QED) is 0.794. The van der Waals surface area contributed by atoms with E-state index in [0.717, 1.165) is 12.8 Å². The van der Waals surface area contributed by atoms with Crippen LogP contribution in [0.25, 0.3) is 0 Å². The molecule has 18 heavy (non-hydrogen) atoms. The molecule has 0 aromatic rings. The van der Waals surface area contributed by atoms with Crippen LogP contribution in [0.15, 0.2) is 0 Å². The zero-order valence-corrected chi connectivity index (χ0v) is 11.1. The number of likely N-dealkylation sites (N-methyl/N-ethyl adjacent to an activating group) is 1. The van der Waals surface area contributed by atoms with Crippen LogP contribution in [0.4, 0.5) is 4.79 Å². The number of urea groups is 1. The van der Waals surface area contributed by atoms with Gasteiger partial charge >= 0.3 is 12.0 Å². The molecule has 0 saturated carbocycles. The van der Waals surface area contributed by atoms with E-state index in [2.05, 4.69) is 0 Å². The van der Waals surface area contributed by atoms with Crippen LogP contribution in [0.1, 0.15) is 19.8 Å². The van der Waals surface area contributed by atoms with E-state index in [4.69, 9.17) is 9.84 Å². The Morgan fingerprint density at radius 2 is 2.22 bits per heavy atom. The molecule has 1 N–H and O–H groups in total. The van der Waals surface area contributed by atoms with Gasteiger partial charge in [-0.05, 0) is 19.8 Å². The molecule has 1 heterocycles. The number of amides is 2. The Morgan fingerprint density at radius 3 is 2.78 bits per heavy atom. The highest BCUT2D eigenvalue weighted by atomic mass is 16.5. The van der Waals surface area contributed by atoms with Gasteiger partial charge in [0.1, 0.15) is 6.54 Å². The summed E-state index contributed by atoms with van der Waals surface area (Å²) >= 11 is 0. The van der Waals surface area contributed by atoms with Crippen molar-refractivity contribution in [1.29, 1.82) is 0 Å². The number of carboxylic acid groups (broad SMARTS) is 1. The average molecular weight is 258 g/mol. The van der Waals surface area contributed by atoms with Crippen molar-refractivity contribution in [2.75, 3.05) is 39.9 Å². The predicted octanol–water partition coefficient (Wildman–Crippen LogP) is 0.871. The average Bonchev–Trinajstić information content (AvgIpc) is 2.35. The zero-order chi connectivity index (χ0) is 13.5. The van der Waals surface area contributed by atoms with E-state index in [1.54, 1.807) is 18.9 Å². The summed E-state index contributed by atoms with van der Waals surface area (Å²) in [5.74, 6) is -0.619. The summed E-state index contributed by atoms with van der Waals surface area (Å²) in [5, 5.41) is 8.77. The molecular weight excluding hydrogens is 236 g/mol. The summed E-state index contributed by atoms with van der Waals surface area (Å²) in [6.45, 7) is 3.97. The number of carboxylic acids is 1. The second-order valence-electron chi connectivity index (χ2n) is 4.60. The summed E-state index contributed by atoms with van der Waals surface area (Å²) in [7, 11) is 1.66. The second-order valence-corrected chi connectivity index (χ2v) is 4.60. The molecule has 6 nitrogen and oxygen atoms in total. The number of likely N-dealkylation sites (tertiary alicyclic amines) is 1. The molecule has 104 valence electrons. The Kier molecular flexibility index (Phi) is 5.91. The maximum atomic E-state index is 12.2. The predicted molar refractivity (Wildman–Crippen MR) is 66.5 cm³/mol. The van der Waals surface area contributed by atoms with Gasteiger partial charge < -0.3 is 19.6 Å². The summed E-state index contributed by atoms with van der Waals surface area (Å²) in [5.41, 5.74) is 0. The second kappa shape index (κ2) is 7.20. The number of nitrogens with zero attached hydrogens (tertiary/aromatic N) is 2. The lowest BCUT2D eigenvalue weighted by Gasteiger charge is -2.35. The zero-order valence-electron chi connectivity index (χ0n) is 11.1. The maximum Gasteiger partial charge on any atom is 0.323 e. The number of hydrogen-bond acceptors (Lipinski definition) is 3. The molecule has 0 spiro atoms. The van der Waals surface area contributed by atoms with E-state index in [9.17, 15) is 9.59 Å². The maximum absolute atomic E-state index is 12.2. The molecule has 0 aliphatic carbocycles. The molecule has 1 aliphatic rings. The first kappa shape index (κ1) is 14.8. The summed E-state index contributed by atoms with van der Waals surface area (Å²) < 4.78 is 5.12. The van der Waals surface area contributed by atoms with Crippen molar-refractivity contribution in [2.24, 2.45) is 5.92 Å². The van der Waals surface area contributed by atoms with Crippen LogP contribution in [0.3, 0.4) is 0 Å². The highest BCUT2D eigenvalue weighted by Crippen LogP contribution is 2.17. The third-order valence-corrected chi connectivity index (χ3v) is 3.17. The van der Waals surface area contributed by atoms with Crippen molar-refractivity contribution >= 4 is 12.0 Å². The fourth-order valence-corrected chi connectivity index (χ4v) is 2.29. The smallest absolute Gasteiger partial charge is 0.323 e. The monoisotopic (exact) mass is 258 g/mol. The van der Waals surface area contributed by atoms with Crippen molar-refractivity contribution in [2.45, 2.75) is 19.8 Å². The molecule has 1 fully saturated rings. The lowest BCUT2D eigenvalue weighted by Crippen LogP contribution is -2.49. The van der Waals surface area contributed by atoms with Crippen molar-refractivity contribution < 1.29 is 19.4 Å². The molecule has 1 unspecified atom stereocenters. The van der Waals surface area contributed by atoms with Crippen LogP contribution < -0.4 is 0 Å². The third-order valence-electron chi connectivity index (χ3n) is 3.17. The van der Waals surface area contributed by atoms with Crippen molar-refractivity contribution in [3.05, 3.63) is 0 Å². The highest BCUT2D eigenvalue weighted by molar-refractivity contribution is 5.80. The summed E-state index contributed by atoms with van der Waals surface area (Å²) in [6, 6.07) is -0.180. The van der Waals surface area contributed by atoms with Crippen LogP contribution in [0.5, 0.6) is 0 Å². The Hall–Kier alpha value is -1.30. The number of rotatable bonds is 5. The first-order chi connectivity index (χ1) is 8.58. The third kappa shape index (κ3) is 4.18. The van der Waals surface area contributed by atoms with Gasteiger partial charge in [0.25, 0.3) is 0 Å². The van der Waals surface area contributed by atoms with Gasteiger partial charge in [-0.15, -0.1) is 0 Å². The van der Waals surface area contributed by atoms with Crippen LogP contribution in [0.2, 0.25) is 0 Å². The van der Waals surface area contributed by atoms with Gasteiger partial charge in [0, 0.05) is 32.7 Å². The van der Waals surface area contributed by atoms with E-state index in [0.29, 0.717) is 32.2 Å². The van der Waals surface area contributed by atoms with Gasteiger partial charge in [-0.2, -0.15) is 0 Å². The lowest BCUT2D eigenvalue weighted by atomic mass is 9.99. The first-order valence-electron chi connectivity index (χ1n) is 6.33. The minimum absolute atomic E-state index is 0.180. The molecule has 0 aromatic carbocycles. The number of carbonyl (C=O) groups excluding carboxylic acids is 1. The van der Waals surface area contributed by atoms with Crippen molar-refractivity contribution in [3.8, 4) is 0 Å². The number of carbonyl (C=O) groups is 2. The summed E-state index contributed by atoms with van der Waals surface area (Å²) in [6.07, 6.45) is 2.01. The standard InChI is InChI=1S/C12H22N2O4/c1-3-13(8-11(15)16)12(17)14-6-4-5-10(7-14)9-18-2/h10H,3-9H2,1-2H3,(H,15,16).